The Morgan fingerprint density at radius 3 is 2.62 bits per heavy atom. The second-order valence-corrected chi connectivity index (χ2v) is 6.06. The summed E-state index contributed by atoms with van der Waals surface area (Å²) in [6.07, 6.45) is 0.691. The lowest BCUT2D eigenvalue weighted by molar-refractivity contribution is 0.0658. The first-order valence-corrected chi connectivity index (χ1v) is 7.90. The van der Waals surface area contributed by atoms with E-state index < -0.39 is 0 Å². The molecule has 0 radical (unpaired) electrons. The van der Waals surface area contributed by atoms with Gasteiger partial charge in [-0.15, -0.1) is 0 Å². The van der Waals surface area contributed by atoms with Crippen LogP contribution in [0.3, 0.4) is 0 Å². The van der Waals surface area contributed by atoms with Crippen molar-refractivity contribution in [3.63, 3.8) is 0 Å². The number of benzene rings is 2. The molecule has 1 N–H and O–H groups in total. The summed E-state index contributed by atoms with van der Waals surface area (Å²) < 4.78 is 13.5. The van der Waals surface area contributed by atoms with Crippen LogP contribution in [0.25, 0.3) is 0 Å². The molecule has 3 rings (SSSR count). The number of hydrogen-bond donors (Lipinski definition) is 1. The van der Waals surface area contributed by atoms with E-state index in [0.29, 0.717) is 24.1 Å². The van der Waals surface area contributed by atoms with Crippen molar-refractivity contribution in [3.05, 3.63) is 70.5 Å². The molecule has 1 atom stereocenters. The molecule has 2 aromatic rings. The zero-order valence-electron chi connectivity index (χ0n) is 13.7. The van der Waals surface area contributed by atoms with Crippen LogP contribution < -0.4 is 5.32 Å². The number of carbonyl (C=O) groups is 2. The molecule has 0 aromatic heterocycles. The van der Waals surface area contributed by atoms with Gasteiger partial charge in [0, 0.05) is 30.8 Å². The highest BCUT2D eigenvalue weighted by Gasteiger charge is 2.28. The van der Waals surface area contributed by atoms with Crippen molar-refractivity contribution in [1.82, 2.24) is 10.2 Å². The molecule has 0 saturated heterocycles. The highest BCUT2D eigenvalue weighted by atomic mass is 19.1. The van der Waals surface area contributed by atoms with E-state index in [0.717, 1.165) is 11.1 Å². The van der Waals surface area contributed by atoms with Gasteiger partial charge in [0.05, 0.1) is 0 Å². The van der Waals surface area contributed by atoms with Gasteiger partial charge in [-0.2, -0.15) is 0 Å². The van der Waals surface area contributed by atoms with E-state index in [4.69, 9.17) is 0 Å². The number of nitrogens with one attached hydrogen (secondary N) is 1. The van der Waals surface area contributed by atoms with Gasteiger partial charge >= 0.3 is 0 Å². The van der Waals surface area contributed by atoms with Gasteiger partial charge in [-0.3, -0.25) is 9.59 Å². The Morgan fingerprint density at radius 1 is 1.12 bits per heavy atom. The topological polar surface area (TPSA) is 49.4 Å². The molecule has 124 valence electrons. The van der Waals surface area contributed by atoms with Crippen LogP contribution in [0, 0.1) is 5.82 Å². The summed E-state index contributed by atoms with van der Waals surface area (Å²) >= 11 is 0. The lowest BCUT2D eigenvalue weighted by atomic mass is 9.94. The maximum absolute atomic E-state index is 13.5. The Labute approximate surface area is 140 Å². The van der Waals surface area contributed by atoms with Crippen LogP contribution in [0.5, 0.6) is 0 Å². The second kappa shape index (κ2) is 6.43. The van der Waals surface area contributed by atoms with E-state index in [2.05, 4.69) is 5.32 Å². The van der Waals surface area contributed by atoms with E-state index >= 15 is 0 Å². The fourth-order valence-corrected chi connectivity index (χ4v) is 3.08. The first kappa shape index (κ1) is 16.2. The lowest BCUT2D eigenvalue weighted by Gasteiger charge is -2.35. The predicted molar refractivity (Wildman–Crippen MR) is 89.3 cm³/mol. The molecule has 0 aliphatic carbocycles. The first-order chi connectivity index (χ1) is 11.5. The van der Waals surface area contributed by atoms with Crippen molar-refractivity contribution in [1.29, 1.82) is 0 Å². The third-order valence-electron chi connectivity index (χ3n) is 4.42. The second-order valence-electron chi connectivity index (χ2n) is 6.06. The maximum Gasteiger partial charge on any atom is 0.254 e. The average molecular weight is 326 g/mol. The number of rotatable bonds is 2. The van der Waals surface area contributed by atoms with Gasteiger partial charge in [-0.25, -0.2) is 4.39 Å². The van der Waals surface area contributed by atoms with Crippen LogP contribution in [0.2, 0.25) is 0 Å². The van der Waals surface area contributed by atoms with Gasteiger partial charge in [-0.05, 0) is 54.8 Å². The Balaban J connectivity index is 1.89. The number of nitrogens with zero attached hydrogens (tertiary/aromatic N) is 1. The van der Waals surface area contributed by atoms with E-state index in [1.807, 2.05) is 6.92 Å². The maximum atomic E-state index is 13.5. The summed E-state index contributed by atoms with van der Waals surface area (Å²) in [5.41, 5.74) is 2.82. The normalized spacial score (nSPS) is 16.5. The lowest BCUT2D eigenvalue weighted by Crippen LogP contribution is -2.42. The molecular weight excluding hydrogens is 307 g/mol. The van der Waals surface area contributed by atoms with Crippen molar-refractivity contribution >= 4 is 11.8 Å². The molecule has 0 unspecified atom stereocenters. The van der Waals surface area contributed by atoms with Gasteiger partial charge in [0.1, 0.15) is 5.82 Å². The molecule has 1 aliphatic rings. The largest absolute Gasteiger partial charge is 0.355 e. The Kier molecular flexibility index (Phi) is 4.34. The molecule has 0 bridgehead atoms. The summed E-state index contributed by atoms with van der Waals surface area (Å²) in [6, 6.07) is 11.4. The standard InChI is InChI=1S/C19H19FN2O2/c1-12-8-13-6-7-17(20)10-16(13)11-22(12)19(24)15-5-3-4-14(9-15)18(23)21-2/h3-7,9-10,12H,8,11H2,1-2H3,(H,21,23)/t12-/m0/s1. The molecule has 0 spiro atoms. The molecule has 2 amide bonds. The number of halogens is 1. The van der Waals surface area contributed by atoms with Crippen LogP contribution in [0.4, 0.5) is 4.39 Å². The van der Waals surface area contributed by atoms with Gasteiger partial charge in [-0.1, -0.05) is 12.1 Å². The highest BCUT2D eigenvalue weighted by Crippen LogP contribution is 2.25. The van der Waals surface area contributed by atoms with Crippen LogP contribution in [-0.2, 0) is 13.0 Å². The SMILES string of the molecule is CNC(=O)c1cccc(C(=O)N2Cc3cc(F)ccc3C[C@@H]2C)c1. The highest BCUT2D eigenvalue weighted by molar-refractivity contribution is 5.99. The molecule has 1 aliphatic heterocycles. The zero-order chi connectivity index (χ0) is 17.3. The third kappa shape index (κ3) is 3.02. The van der Waals surface area contributed by atoms with E-state index in [-0.39, 0.29) is 23.7 Å². The minimum absolute atomic E-state index is 0.0131. The van der Waals surface area contributed by atoms with E-state index in [1.54, 1.807) is 42.3 Å². The van der Waals surface area contributed by atoms with Crippen molar-refractivity contribution in [2.24, 2.45) is 0 Å². The van der Waals surface area contributed by atoms with Crippen molar-refractivity contribution in [2.75, 3.05) is 7.05 Å². The molecule has 5 heteroatoms. The van der Waals surface area contributed by atoms with Gasteiger partial charge < -0.3 is 10.2 Å². The van der Waals surface area contributed by atoms with Gasteiger partial charge in [0.2, 0.25) is 0 Å². The Hall–Kier alpha value is -2.69. The number of carbonyl (C=O) groups excluding carboxylic acids is 2. The minimum atomic E-state index is -0.294. The van der Waals surface area contributed by atoms with Crippen molar-refractivity contribution < 1.29 is 14.0 Å². The number of hydrogen-bond acceptors (Lipinski definition) is 2. The fourth-order valence-electron chi connectivity index (χ4n) is 3.08. The summed E-state index contributed by atoms with van der Waals surface area (Å²) in [6.45, 7) is 2.35. The molecule has 4 nitrogen and oxygen atoms in total. The molecule has 0 saturated carbocycles. The van der Waals surface area contributed by atoms with Crippen molar-refractivity contribution in [2.45, 2.75) is 25.9 Å². The Morgan fingerprint density at radius 2 is 1.88 bits per heavy atom. The zero-order valence-corrected chi connectivity index (χ0v) is 13.7. The summed E-state index contributed by atoms with van der Waals surface area (Å²) in [7, 11) is 1.55. The summed E-state index contributed by atoms with van der Waals surface area (Å²) in [5.74, 6) is -0.677. The Bertz CT molecular complexity index is 804. The number of fused-ring (bicyclic) bond motifs is 1. The molecule has 1 heterocycles. The van der Waals surface area contributed by atoms with Gasteiger partial charge in [0.15, 0.2) is 0 Å². The van der Waals surface area contributed by atoms with Gasteiger partial charge in [0.25, 0.3) is 11.8 Å². The van der Waals surface area contributed by atoms with E-state index in [9.17, 15) is 14.0 Å². The fraction of sp³-hybridized carbons (Fsp3) is 0.263. The molecule has 2 aromatic carbocycles. The van der Waals surface area contributed by atoms with Crippen LogP contribution in [0.1, 0.15) is 38.8 Å². The monoisotopic (exact) mass is 326 g/mol. The van der Waals surface area contributed by atoms with Crippen LogP contribution in [0.15, 0.2) is 42.5 Å². The first-order valence-electron chi connectivity index (χ1n) is 7.90. The summed E-state index contributed by atoms with van der Waals surface area (Å²) in [4.78, 5) is 26.3. The third-order valence-corrected chi connectivity index (χ3v) is 4.42. The quantitative estimate of drug-likeness (QED) is 0.922. The van der Waals surface area contributed by atoms with Crippen LogP contribution >= 0.6 is 0 Å². The molecular formula is C19H19FN2O2. The smallest absolute Gasteiger partial charge is 0.254 e. The molecule has 24 heavy (non-hydrogen) atoms. The van der Waals surface area contributed by atoms with Crippen molar-refractivity contribution in [3.8, 4) is 0 Å². The van der Waals surface area contributed by atoms with Crippen LogP contribution in [-0.4, -0.2) is 29.8 Å². The number of amides is 2. The summed E-state index contributed by atoms with van der Waals surface area (Å²) in [5, 5.41) is 2.55. The van der Waals surface area contributed by atoms with E-state index in [1.165, 1.54) is 12.1 Å². The average Bonchev–Trinajstić information content (AvgIpc) is 2.60. The molecule has 0 fully saturated rings. The minimum Gasteiger partial charge on any atom is -0.355 e. The predicted octanol–water partition coefficient (Wildman–Crippen LogP) is 2.77.